The molecule has 2 aromatic rings. The fourth-order valence-corrected chi connectivity index (χ4v) is 3.40. The molecule has 0 spiro atoms. The summed E-state index contributed by atoms with van der Waals surface area (Å²) < 4.78 is 1.11. The Bertz CT molecular complexity index is 599. The summed E-state index contributed by atoms with van der Waals surface area (Å²) in [6, 6.07) is 8.04. The van der Waals surface area contributed by atoms with Crippen molar-refractivity contribution in [1.29, 1.82) is 0 Å². The first kappa shape index (κ1) is 11.5. The number of carbonyl (C=O) groups excluding carboxylic acids is 1. The summed E-state index contributed by atoms with van der Waals surface area (Å²) in [7, 11) is 0. The zero-order valence-corrected chi connectivity index (χ0v) is 11.1. The monoisotopic (exact) mass is 260 g/mol. The molecule has 1 amide bonds. The second-order valence-electron chi connectivity index (χ2n) is 5.15. The molecule has 1 aromatic heterocycles. The summed E-state index contributed by atoms with van der Waals surface area (Å²) in [5.74, 6) is 0.796. The molecule has 1 aliphatic rings. The van der Waals surface area contributed by atoms with Crippen molar-refractivity contribution < 1.29 is 4.79 Å². The topological polar surface area (TPSA) is 55.1 Å². The first-order chi connectivity index (χ1) is 8.61. The van der Waals surface area contributed by atoms with Gasteiger partial charge in [0.2, 0.25) is 0 Å². The quantitative estimate of drug-likeness (QED) is 0.815. The van der Waals surface area contributed by atoms with Gasteiger partial charge in [-0.1, -0.05) is 6.92 Å². The Morgan fingerprint density at radius 3 is 2.89 bits per heavy atom. The van der Waals surface area contributed by atoms with Crippen LogP contribution in [0.15, 0.2) is 24.3 Å². The van der Waals surface area contributed by atoms with Gasteiger partial charge in [-0.05, 0) is 48.4 Å². The molecule has 0 aliphatic heterocycles. The minimum atomic E-state index is 0.0478. The van der Waals surface area contributed by atoms with Crippen molar-refractivity contribution in [2.24, 2.45) is 5.92 Å². The Balaban J connectivity index is 1.79. The summed E-state index contributed by atoms with van der Waals surface area (Å²) in [5, 5.41) is 4.13. The molecule has 1 heterocycles. The summed E-state index contributed by atoms with van der Waals surface area (Å²) in [6.45, 7) is 2.21. The van der Waals surface area contributed by atoms with Crippen LogP contribution >= 0.6 is 11.3 Å². The summed E-state index contributed by atoms with van der Waals surface area (Å²) in [6.07, 6.45) is 2.20. The third-order valence-electron chi connectivity index (χ3n) is 3.47. The highest BCUT2D eigenvalue weighted by molar-refractivity contribution is 7.20. The minimum Gasteiger partial charge on any atom is -0.399 e. The molecule has 0 radical (unpaired) electrons. The van der Waals surface area contributed by atoms with Gasteiger partial charge in [0.05, 0.1) is 4.88 Å². The van der Waals surface area contributed by atoms with Gasteiger partial charge in [0.15, 0.2) is 0 Å². The van der Waals surface area contributed by atoms with Gasteiger partial charge in [-0.3, -0.25) is 4.79 Å². The lowest BCUT2D eigenvalue weighted by molar-refractivity contribution is 0.0900. The van der Waals surface area contributed by atoms with Crippen molar-refractivity contribution in [3.8, 4) is 0 Å². The summed E-state index contributed by atoms with van der Waals surface area (Å²) >= 11 is 1.52. The Hall–Kier alpha value is -1.55. The van der Waals surface area contributed by atoms with Crippen LogP contribution in [0.4, 0.5) is 5.69 Å². The number of nitrogens with one attached hydrogen (secondary N) is 1. The second kappa shape index (κ2) is 4.28. The first-order valence-corrected chi connectivity index (χ1v) is 7.03. The number of carbonyl (C=O) groups is 1. The minimum absolute atomic E-state index is 0.0478. The van der Waals surface area contributed by atoms with Crippen LogP contribution in [0.25, 0.3) is 10.1 Å². The molecule has 1 fully saturated rings. The van der Waals surface area contributed by atoms with Crippen LogP contribution in [0.3, 0.4) is 0 Å². The van der Waals surface area contributed by atoms with E-state index in [-0.39, 0.29) is 5.91 Å². The number of rotatable bonds is 2. The van der Waals surface area contributed by atoms with Gasteiger partial charge in [0.25, 0.3) is 5.91 Å². The molecule has 0 unspecified atom stereocenters. The van der Waals surface area contributed by atoms with Crippen molar-refractivity contribution in [3.05, 3.63) is 29.1 Å². The normalized spacial score (nSPS) is 22.7. The van der Waals surface area contributed by atoms with Crippen LogP contribution in [0.2, 0.25) is 0 Å². The molecule has 94 valence electrons. The lowest BCUT2D eigenvalue weighted by Crippen LogP contribution is -2.43. The number of hydrogen-bond acceptors (Lipinski definition) is 3. The molecule has 3 nitrogen and oxygen atoms in total. The van der Waals surface area contributed by atoms with E-state index >= 15 is 0 Å². The van der Waals surface area contributed by atoms with E-state index < -0.39 is 0 Å². The Labute approximate surface area is 110 Å². The van der Waals surface area contributed by atoms with Crippen LogP contribution < -0.4 is 11.1 Å². The lowest BCUT2D eigenvalue weighted by Gasteiger charge is -2.33. The van der Waals surface area contributed by atoms with Crippen molar-refractivity contribution in [3.63, 3.8) is 0 Å². The molecule has 4 heteroatoms. The second-order valence-corrected chi connectivity index (χ2v) is 6.24. The van der Waals surface area contributed by atoms with E-state index in [1.165, 1.54) is 11.3 Å². The van der Waals surface area contributed by atoms with Gasteiger partial charge in [-0.15, -0.1) is 11.3 Å². The van der Waals surface area contributed by atoms with Gasteiger partial charge in [-0.2, -0.15) is 0 Å². The van der Waals surface area contributed by atoms with E-state index in [9.17, 15) is 4.79 Å². The van der Waals surface area contributed by atoms with Gasteiger partial charge < -0.3 is 11.1 Å². The highest BCUT2D eigenvalue weighted by Crippen LogP contribution is 2.29. The van der Waals surface area contributed by atoms with Crippen molar-refractivity contribution in [1.82, 2.24) is 5.32 Å². The number of nitrogen functional groups attached to an aromatic ring is 1. The van der Waals surface area contributed by atoms with Gasteiger partial charge in [0, 0.05) is 16.4 Å². The third-order valence-corrected chi connectivity index (χ3v) is 4.59. The molecule has 0 atom stereocenters. The molecule has 3 rings (SSSR count). The van der Waals surface area contributed by atoms with E-state index in [4.69, 9.17) is 5.73 Å². The SMILES string of the molecule is CC1CC(NC(=O)c2cc3cc(N)ccc3s2)C1. The molecule has 1 aromatic carbocycles. The number of amides is 1. The van der Waals surface area contributed by atoms with Crippen LogP contribution in [-0.4, -0.2) is 11.9 Å². The Kier molecular flexibility index (Phi) is 2.74. The van der Waals surface area contributed by atoms with Crippen LogP contribution in [0.5, 0.6) is 0 Å². The van der Waals surface area contributed by atoms with E-state index in [1.54, 1.807) is 0 Å². The van der Waals surface area contributed by atoms with E-state index in [1.807, 2.05) is 24.3 Å². The fraction of sp³-hybridized carbons (Fsp3) is 0.357. The van der Waals surface area contributed by atoms with Crippen molar-refractivity contribution in [2.75, 3.05) is 5.73 Å². The maximum Gasteiger partial charge on any atom is 0.261 e. The molecular formula is C14H16N2OS. The van der Waals surface area contributed by atoms with E-state index in [2.05, 4.69) is 12.2 Å². The maximum atomic E-state index is 12.1. The molecule has 18 heavy (non-hydrogen) atoms. The molecule has 1 aliphatic carbocycles. The van der Waals surface area contributed by atoms with Crippen LogP contribution in [-0.2, 0) is 0 Å². The zero-order chi connectivity index (χ0) is 12.7. The lowest BCUT2D eigenvalue weighted by atomic mass is 9.82. The zero-order valence-electron chi connectivity index (χ0n) is 10.3. The van der Waals surface area contributed by atoms with E-state index in [0.29, 0.717) is 6.04 Å². The number of fused-ring (bicyclic) bond motifs is 1. The number of nitrogens with two attached hydrogens (primary N) is 1. The summed E-state index contributed by atoms with van der Waals surface area (Å²) in [4.78, 5) is 12.9. The summed E-state index contributed by atoms with van der Waals surface area (Å²) in [5.41, 5.74) is 6.48. The number of thiophene rings is 1. The molecule has 1 saturated carbocycles. The third kappa shape index (κ3) is 2.08. The Morgan fingerprint density at radius 1 is 1.39 bits per heavy atom. The molecular weight excluding hydrogens is 244 g/mol. The van der Waals surface area contributed by atoms with Crippen LogP contribution in [0, 0.1) is 5.92 Å². The van der Waals surface area contributed by atoms with Crippen molar-refractivity contribution in [2.45, 2.75) is 25.8 Å². The molecule has 3 N–H and O–H groups in total. The number of hydrogen-bond donors (Lipinski definition) is 2. The smallest absolute Gasteiger partial charge is 0.261 e. The molecule has 0 saturated heterocycles. The highest BCUT2D eigenvalue weighted by atomic mass is 32.1. The predicted molar refractivity (Wildman–Crippen MR) is 75.9 cm³/mol. The maximum absolute atomic E-state index is 12.1. The average Bonchev–Trinajstić information content (AvgIpc) is 2.69. The van der Waals surface area contributed by atoms with Crippen molar-refractivity contribution >= 4 is 33.0 Å². The Morgan fingerprint density at radius 2 is 2.17 bits per heavy atom. The first-order valence-electron chi connectivity index (χ1n) is 6.22. The van der Waals surface area contributed by atoms with Gasteiger partial charge in [0.1, 0.15) is 0 Å². The number of anilines is 1. The standard InChI is InChI=1S/C14H16N2OS/c1-8-4-11(5-8)16-14(17)13-7-9-6-10(15)2-3-12(9)18-13/h2-3,6-8,11H,4-5,15H2,1H3,(H,16,17). The largest absolute Gasteiger partial charge is 0.399 e. The number of benzene rings is 1. The average molecular weight is 260 g/mol. The van der Waals surface area contributed by atoms with Crippen LogP contribution in [0.1, 0.15) is 29.4 Å². The predicted octanol–water partition coefficient (Wildman–Crippen LogP) is 3.01. The van der Waals surface area contributed by atoms with Gasteiger partial charge in [-0.25, -0.2) is 0 Å². The highest BCUT2D eigenvalue weighted by Gasteiger charge is 2.27. The van der Waals surface area contributed by atoms with Gasteiger partial charge >= 0.3 is 0 Å². The fourth-order valence-electron chi connectivity index (χ4n) is 2.45. The molecule has 0 bridgehead atoms. The van der Waals surface area contributed by atoms with E-state index in [0.717, 1.165) is 39.4 Å².